The minimum atomic E-state index is -3.94. The molecule has 11 nitrogen and oxygen atoms in total. The maximum Gasteiger partial charge on any atom is 0.303 e. The van der Waals surface area contributed by atoms with E-state index in [1.54, 1.807) is 0 Å². The molecule has 0 aliphatic carbocycles. The maximum atomic E-state index is 12.5. The molecule has 0 aromatic carbocycles. The quantitative estimate of drug-likeness (QED) is 0.635. The molecule has 0 radical (unpaired) electrons. The van der Waals surface area contributed by atoms with Crippen molar-refractivity contribution in [2.45, 2.75) is 52.1 Å². The van der Waals surface area contributed by atoms with E-state index in [1.807, 2.05) is 24.7 Å². The van der Waals surface area contributed by atoms with E-state index in [0.717, 1.165) is 24.2 Å². The van der Waals surface area contributed by atoms with Crippen LogP contribution in [0.1, 0.15) is 45.3 Å². The Bertz CT molecular complexity index is 874. The fourth-order valence-electron chi connectivity index (χ4n) is 3.13. The van der Waals surface area contributed by atoms with Crippen LogP contribution in [0.2, 0.25) is 0 Å². The second-order valence-corrected chi connectivity index (χ2v) is 9.21. The Morgan fingerprint density at radius 1 is 1.33 bits per heavy atom. The van der Waals surface area contributed by atoms with Crippen molar-refractivity contribution >= 4 is 27.8 Å². The molecule has 0 spiro atoms. The number of anilines is 1. The van der Waals surface area contributed by atoms with Crippen LogP contribution in [0.25, 0.3) is 0 Å². The zero-order valence-corrected chi connectivity index (χ0v) is 18.4. The maximum absolute atomic E-state index is 12.5. The topological polar surface area (TPSA) is 127 Å². The second-order valence-electron chi connectivity index (χ2n) is 7.54. The van der Waals surface area contributed by atoms with Crippen molar-refractivity contribution in [2.75, 3.05) is 38.2 Å². The zero-order valence-electron chi connectivity index (χ0n) is 17.6. The van der Waals surface area contributed by atoms with Crippen molar-refractivity contribution in [1.29, 1.82) is 0 Å². The molecule has 2 aliphatic heterocycles. The van der Waals surface area contributed by atoms with Gasteiger partial charge in [0.1, 0.15) is 6.61 Å². The van der Waals surface area contributed by atoms with Crippen molar-refractivity contribution in [3.63, 3.8) is 0 Å². The molecular weight excluding hydrogens is 412 g/mol. The van der Waals surface area contributed by atoms with Gasteiger partial charge in [-0.05, 0) is 26.7 Å². The number of carbonyl (C=O) groups excluding carboxylic acids is 1. The van der Waals surface area contributed by atoms with Gasteiger partial charge in [0.15, 0.2) is 6.04 Å². The average Bonchev–Trinajstić information content (AvgIpc) is 3.20. The Labute approximate surface area is 177 Å². The first-order chi connectivity index (χ1) is 14.3. The van der Waals surface area contributed by atoms with Crippen molar-refractivity contribution in [1.82, 2.24) is 18.8 Å². The highest BCUT2D eigenvalue weighted by Crippen LogP contribution is 2.20. The summed E-state index contributed by atoms with van der Waals surface area (Å²) in [5.74, 6) is -0.719. The van der Waals surface area contributed by atoms with E-state index in [0.29, 0.717) is 26.2 Å². The monoisotopic (exact) mass is 442 g/mol. The number of carbonyl (C=O) groups is 1. The van der Waals surface area contributed by atoms with Gasteiger partial charge in [-0.2, -0.15) is 17.8 Å². The first-order valence-electron chi connectivity index (χ1n) is 10.2. The molecule has 3 rings (SSSR count). The van der Waals surface area contributed by atoms with Crippen LogP contribution >= 0.6 is 0 Å². The first-order valence-corrected chi connectivity index (χ1v) is 11.7. The molecule has 3 heterocycles. The molecular formula is C18H30N6O5S. The summed E-state index contributed by atoms with van der Waals surface area (Å²) in [6.45, 7) is 7.43. The molecule has 12 heteroatoms. The summed E-state index contributed by atoms with van der Waals surface area (Å²) in [6.07, 6.45) is 4.18. The second kappa shape index (κ2) is 9.75. The van der Waals surface area contributed by atoms with Gasteiger partial charge in [-0.25, -0.2) is 9.71 Å². The molecule has 168 valence electrons. The number of ether oxygens (including phenoxy) is 2. The molecule has 1 unspecified atom stereocenters. The van der Waals surface area contributed by atoms with Gasteiger partial charge in [0.25, 0.3) is 11.9 Å². The lowest BCUT2D eigenvalue weighted by molar-refractivity contribution is -0.120. The van der Waals surface area contributed by atoms with Crippen LogP contribution in [0.4, 0.5) is 5.69 Å². The third-order valence-electron chi connectivity index (χ3n) is 4.77. The smallest absolute Gasteiger partial charge is 0.303 e. The van der Waals surface area contributed by atoms with Crippen LogP contribution in [-0.4, -0.2) is 73.4 Å². The Balaban J connectivity index is 1.64. The van der Waals surface area contributed by atoms with E-state index in [9.17, 15) is 13.2 Å². The lowest BCUT2D eigenvalue weighted by atomic mass is 10.2. The number of amides is 1. The number of nitrogens with zero attached hydrogens (tertiary/aromatic N) is 4. The van der Waals surface area contributed by atoms with Gasteiger partial charge < -0.3 is 14.8 Å². The molecule has 0 bridgehead atoms. The summed E-state index contributed by atoms with van der Waals surface area (Å²) in [7, 11) is -3.94. The van der Waals surface area contributed by atoms with Crippen molar-refractivity contribution in [3.8, 4) is 0 Å². The van der Waals surface area contributed by atoms with Crippen LogP contribution in [0.3, 0.4) is 0 Å². The van der Waals surface area contributed by atoms with Gasteiger partial charge >= 0.3 is 10.2 Å². The third kappa shape index (κ3) is 5.49. The van der Waals surface area contributed by atoms with Crippen LogP contribution in [0, 0.1) is 0 Å². The molecule has 2 N–H and O–H groups in total. The summed E-state index contributed by atoms with van der Waals surface area (Å²) in [6, 6.07) is -0.563. The number of hydrogen-bond donors (Lipinski definition) is 2. The SMILES string of the molecule is CCCc1nn(C(C)C)cc1NC1=NC(C(=O)NS(=O)(=O)N2CCCOCC2)CO1. The molecule has 1 aromatic rings. The normalized spacial score (nSPS) is 20.5. The lowest BCUT2D eigenvalue weighted by Gasteiger charge is -2.19. The number of nitrogens with one attached hydrogen (secondary N) is 2. The summed E-state index contributed by atoms with van der Waals surface area (Å²) < 4.78 is 40.9. The highest BCUT2D eigenvalue weighted by atomic mass is 32.2. The summed E-state index contributed by atoms with van der Waals surface area (Å²) in [4.78, 5) is 16.7. The number of amidine groups is 1. The number of hydrogen-bond acceptors (Lipinski definition) is 8. The van der Waals surface area contributed by atoms with Crippen LogP contribution < -0.4 is 10.0 Å². The first kappa shape index (κ1) is 22.5. The molecule has 30 heavy (non-hydrogen) atoms. The number of aliphatic imine (C=N–C) groups is 1. The molecule has 1 saturated heterocycles. The van der Waals surface area contributed by atoms with Gasteiger partial charge in [0.05, 0.1) is 18.0 Å². The highest BCUT2D eigenvalue weighted by molar-refractivity contribution is 7.87. The molecule has 2 aliphatic rings. The van der Waals surface area contributed by atoms with E-state index in [1.165, 1.54) is 4.31 Å². The van der Waals surface area contributed by atoms with Crippen LogP contribution in [0.5, 0.6) is 0 Å². The summed E-state index contributed by atoms with van der Waals surface area (Å²) in [5, 5.41) is 7.65. The van der Waals surface area contributed by atoms with Gasteiger partial charge in [-0.15, -0.1) is 0 Å². The Morgan fingerprint density at radius 2 is 2.13 bits per heavy atom. The zero-order chi connectivity index (χ0) is 21.7. The average molecular weight is 443 g/mol. The predicted molar refractivity (Wildman–Crippen MR) is 111 cm³/mol. The highest BCUT2D eigenvalue weighted by Gasteiger charge is 2.32. The van der Waals surface area contributed by atoms with Crippen molar-refractivity contribution in [2.24, 2.45) is 4.99 Å². The van der Waals surface area contributed by atoms with Crippen LogP contribution in [-0.2, 0) is 30.9 Å². The van der Waals surface area contributed by atoms with E-state index in [4.69, 9.17) is 9.47 Å². The molecule has 1 aromatic heterocycles. The Kier molecular flexibility index (Phi) is 7.32. The van der Waals surface area contributed by atoms with Crippen LogP contribution in [0.15, 0.2) is 11.2 Å². The number of rotatable bonds is 7. The lowest BCUT2D eigenvalue weighted by Crippen LogP contribution is -2.47. The standard InChI is InChI=1S/C18H30N6O5S/c1-4-6-14-15(11-24(21-14)13(2)3)19-18-20-16(12-29-18)17(25)22-30(26,27)23-7-5-9-28-10-8-23/h11,13,16H,4-10,12H2,1-3H3,(H,19,20)(H,22,25). The minimum Gasteiger partial charge on any atom is -0.462 e. The van der Waals surface area contributed by atoms with E-state index in [-0.39, 0.29) is 25.2 Å². The number of aromatic nitrogens is 2. The van der Waals surface area contributed by atoms with E-state index < -0.39 is 22.2 Å². The van der Waals surface area contributed by atoms with Gasteiger partial charge in [0.2, 0.25) is 0 Å². The van der Waals surface area contributed by atoms with Gasteiger partial charge in [-0.1, -0.05) is 13.3 Å². The van der Waals surface area contributed by atoms with Crippen molar-refractivity contribution < 1.29 is 22.7 Å². The Morgan fingerprint density at radius 3 is 2.87 bits per heavy atom. The van der Waals surface area contributed by atoms with Crippen molar-refractivity contribution in [3.05, 3.63) is 11.9 Å². The molecule has 1 fully saturated rings. The summed E-state index contributed by atoms with van der Waals surface area (Å²) >= 11 is 0. The third-order valence-corrected chi connectivity index (χ3v) is 6.27. The molecule has 0 saturated carbocycles. The van der Waals surface area contributed by atoms with E-state index in [2.05, 4.69) is 27.1 Å². The fourth-order valence-corrected chi connectivity index (χ4v) is 4.34. The largest absolute Gasteiger partial charge is 0.462 e. The van der Waals surface area contributed by atoms with Gasteiger partial charge in [-0.3, -0.25) is 9.48 Å². The summed E-state index contributed by atoms with van der Waals surface area (Å²) in [5.41, 5.74) is 1.65. The number of aryl methyl sites for hydroxylation is 1. The molecule has 1 amide bonds. The molecule has 1 atom stereocenters. The Hall–Kier alpha value is -2.18. The minimum absolute atomic E-state index is 0.0335. The predicted octanol–water partition coefficient (Wildman–Crippen LogP) is 0.667. The fraction of sp³-hybridized carbons (Fsp3) is 0.722. The van der Waals surface area contributed by atoms with Gasteiger partial charge in [0, 0.05) is 31.9 Å². The van der Waals surface area contributed by atoms with E-state index >= 15 is 0 Å².